The highest BCUT2D eigenvalue weighted by molar-refractivity contribution is 5.44. The molecule has 152 valence electrons. The quantitative estimate of drug-likeness (QED) is 0.472. The number of hydrogen-bond donors (Lipinski definition) is 3. The van der Waals surface area contributed by atoms with Gasteiger partial charge in [-0.2, -0.15) is 4.98 Å². The van der Waals surface area contributed by atoms with E-state index in [-0.39, 0.29) is 6.79 Å². The van der Waals surface area contributed by atoms with E-state index in [1.54, 1.807) is 29.5 Å². The Morgan fingerprint density at radius 1 is 1.21 bits per heavy atom. The van der Waals surface area contributed by atoms with Crippen molar-refractivity contribution in [2.24, 2.45) is 5.73 Å². The number of aromatic nitrogens is 4. The molecule has 4 N–H and O–H groups in total. The van der Waals surface area contributed by atoms with Gasteiger partial charge in [-0.3, -0.25) is 4.57 Å². The van der Waals surface area contributed by atoms with Crippen LogP contribution in [0.4, 0.5) is 5.82 Å². The van der Waals surface area contributed by atoms with Gasteiger partial charge in [0, 0.05) is 31.7 Å². The first kappa shape index (κ1) is 19.2. The average Bonchev–Trinajstić information content (AvgIpc) is 3.40. The zero-order chi connectivity index (χ0) is 20.1. The van der Waals surface area contributed by atoms with Gasteiger partial charge < -0.3 is 25.8 Å². The smallest absolute Gasteiger partial charge is 0.236 e. The lowest BCUT2D eigenvalue weighted by atomic mass is 10.0. The summed E-state index contributed by atoms with van der Waals surface area (Å²) in [6, 6.07) is 7.75. The minimum atomic E-state index is -0.647. The third-order valence-corrected chi connectivity index (χ3v) is 4.66. The van der Waals surface area contributed by atoms with E-state index >= 15 is 0 Å². The average molecular weight is 395 g/mol. The van der Waals surface area contributed by atoms with E-state index in [0.29, 0.717) is 24.9 Å². The van der Waals surface area contributed by atoms with Crippen LogP contribution in [0.25, 0.3) is 5.95 Å². The lowest BCUT2D eigenvalue weighted by molar-refractivity contribution is 0.174. The summed E-state index contributed by atoms with van der Waals surface area (Å²) in [5.74, 6) is 2.78. The Kier molecular flexibility index (Phi) is 5.59. The van der Waals surface area contributed by atoms with E-state index in [1.165, 1.54) is 0 Å². The molecule has 9 heteroatoms. The number of nitrogens with one attached hydrogen (secondary N) is 2. The maximum absolute atomic E-state index is 6.67. The van der Waals surface area contributed by atoms with Crippen molar-refractivity contribution >= 4 is 5.82 Å². The molecule has 1 unspecified atom stereocenters. The van der Waals surface area contributed by atoms with Crippen molar-refractivity contribution in [2.75, 3.05) is 18.7 Å². The highest BCUT2D eigenvalue weighted by Gasteiger charge is 2.24. The SMILES string of the molecule is CCCC(N)(CNCc1ccc2c(c1)OCO2)Nc1ccnc(-n2ccnc2)n1. The van der Waals surface area contributed by atoms with Gasteiger partial charge in [-0.1, -0.05) is 19.4 Å². The first-order chi connectivity index (χ1) is 14.1. The van der Waals surface area contributed by atoms with E-state index in [4.69, 9.17) is 15.2 Å². The molecule has 0 saturated carbocycles. The number of benzene rings is 1. The molecule has 1 aromatic carbocycles. The highest BCUT2D eigenvalue weighted by Crippen LogP contribution is 2.32. The van der Waals surface area contributed by atoms with Crippen LogP contribution in [0.15, 0.2) is 49.2 Å². The first-order valence-electron chi connectivity index (χ1n) is 9.63. The second-order valence-corrected chi connectivity index (χ2v) is 7.03. The van der Waals surface area contributed by atoms with Crippen LogP contribution >= 0.6 is 0 Å². The van der Waals surface area contributed by atoms with Gasteiger partial charge in [-0.25, -0.2) is 9.97 Å². The summed E-state index contributed by atoms with van der Waals surface area (Å²) in [5.41, 5.74) is 7.13. The Labute approximate surface area is 169 Å². The summed E-state index contributed by atoms with van der Waals surface area (Å²) in [6.45, 7) is 3.63. The van der Waals surface area contributed by atoms with Gasteiger partial charge in [-0.05, 0) is 30.2 Å². The van der Waals surface area contributed by atoms with Crippen LogP contribution in [0.2, 0.25) is 0 Å². The van der Waals surface area contributed by atoms with Crippen molar-refractivity contribution in [1.29, 1.82) is 0 Å². The largest absolute Gasteiger partial charge is 0.454 e. The molecule has 0 bridgehead atoms. The Bertz CT molecular complexity index is 948. The highest BCUT2D eigenvalue weighted by atomic mass is 16.7. The number of imidazole rings is 1. The number of nitrogens with two attached hydrogens (primary N) is 1. The van der Waals surface area contributed by atoms with E-state index in [9.17, 15) is 0 Å². The van der Waals surface area contributed by atoms with E-state index < -0.39 is 5.66 Å². The summed E-state index contributed by atoms with van der Waals surface area (Å²) in [7, 11) is 0. The lowest BCUT2D eigenvalue weighted by Crippen LogP contribution is -2.55. The summed E-state index contributed by atoms with van der Waals surface area (Å²) in [6.07, 6.45) is 8.58. The molecule has 3 aromatic rings. The van der Waals surface area contributed by atoms with Crippen LogP contribution in [0, 0.1) is 0 Å². The third kappa shape index (κ3) is 4.64. The van der Waals surface area contributed by atoms with Gasteiger partial charge >= 0.3 is 0 Å². The molecular weight excluding hydrogens is 370 g/mol. The second kappa shape index (κ2) is 8.46. The predicted molar refractivity (Wildman–Crippen MR) is 109 cm³/mol. The summed E-state index contributed by atoms with van der Waals surface area (Å²) >= 11 is 0. The van der Waals surface area contributed by atoms with E-state index in [2.05, 4.69) is 32.5 Å². The Morgan fingerprint density at radius 3 is 2.93 bits per heavy atom. The van der Waals surface area contributed by atoms with Gasteiger partial charge in [0.25, 0.3) is 0 Å². The minimum Gasteiger partial charge on any atom is -0.454 e. The van der Waals surface area contributed by atoms with E-state index in [0.717, 1.165) is 29.9 Å². The maximum atomic E-state index is 6.67. The fourth-order valence-electron chi connectivity index (χ4n) is 3.30. The zero-order valence-electron chi connectivity index (χ0n) is 16.3. The van der Waals surface area contributed by atoms with Crippen molar-refractivity contribution in [3.05, 3.63) is 54.7 Å². The van der Waals surface area contributed by atoms with E-state index in [1.807, 2.05) is 24.3 Å². The molecule has 9 nitrogen and oxygen atoms in total. The zero-order valence-corrected chi connectivity index (χ0v) is 16.3. The fraction of sp³-hybridized carbons (Fsp3) is 0.350. The third-order valence-electron chi connectivity index (χ3n) is 4.66. The molecule has 0 radical (unpaired) electrons. The van der Waals surface area contributed by atoms with Crippen molar-refractivity contribution < 1.29 is 9.47 Å². The molecular formula is C20H25N7O2. The van der Waals surface area contributed by atoms with Crippen molar-refractivity contribution in [3.8, 4) is 17.4 Å². The standard InChI is InChI=1S/C20H25N7O2/c1-2-6-20(21,12-23-11-15-3-4-16-17(10-15)29-14-28-16)26-18-5-7-24-19(25-18)27-9-8-22-13-27/h3-5,7-10,13,23H,2,6,11-12,14,21H2,1H3,(H,24,25,26). The van der Waals surface area contributed by atoms with Crippen LogP contribution in [0.1, 0.15) is 25.3 Å². The normalized spacial score (nSPS) is 14.6. The molecule has 1 aliphatic heterocycles. The molecule has 1 aliphatic rings. The number of fused-ring (bicyclic) bond motifs is 1. The van der Waals surface area contributed by atoms with Crippen LogP contribution in [-0.2, 0) is 6.54 Å². The molecule has 4 rings (SSSR count). The molecule has 0 fully saturated rings. The van der Waals surface area contributed by atoms with Gasteiger partial charge in [0.2, 0.25) is 12.7 Å². The molecule has 0 aliphatic carbocycles. The predicted octanol–water partition coefficient (Wildman–Crippen LogP) is 2.05. The monoisotopic (exact) mass is 395 g/mol. The maximum Gasteiger partial charge on any atom is 0.236 e. The van der Waals surface area contributed by atoms with Crippen molar-refractivity contribution in [2.45, 2.75) is 32.0 Å². The van der Waals surface area contributed by atoms with Crippen molar-refractivity contribution in [3.63, 3.8) is 0 Å². The summed E-state index contributed by atoms with van der Waals surface area (Å²) in [5, 5.41) is 6.81. The minimum absolute atomic E-state index is 0.276. The Morgan fingerprint density at radius 2 is 2.10 bits per heavy atom. The molecule has 2 aromatic heterocycles. The first-order valence-corrected chi connectivity index (χ1v) is 9.63. The number of rotatable bonds is 9. The number of ether oxygens (including phenoxy) is 2. The molecule has 0 amide bonds. The molecule has 0 spiro atoms. The van der Waals surface area contributed by atoms with Crippen LogP contribution in [0.5, 0.6) is 11.5 Å². The molecule has 0 saturated heterocycles. The van der Waals surface area contributed by atoms with Crippen molar-refractivity contribution in [1.82, 2.24) is 24.8 Å². The van der Waals surface area contributed by atoms with Crippen LogP contribution in [-0.4, -0.2) is 38.5 Å². The Hall–Kier alpha value is -3.17. The van der Waals surface area contributed by atoms with Gasteiger partial charge in [-0.15, -0.1) is 0 Å². The molecule has 3 heterocycles. The summed E-state index contributed by atoms with van der Waals surface area (Å²) < 4.78 is 12.5. The number of nitrogens with zero attached hydrogens (tertiary/aromatic N) is 4. The molecule has 29 heavy (non-hydrogen) atoms. The summed E-state index contributed by atoms with van der Waals surface area (Å²) in [4.78, 5) is 12.9. The van der Waals surface area contributed by atoms with Gasteiger partial charge in [0.05, 0.1) is 5.66 Å². The van der Waals surface area contributed by atoms with Gasteiger partial charge in [0.1, 0.15) is 12.1 Å². The van der Waals surface area contributed by atoms with Crippen LogP contribution in [0.3, 0.4) is 0 Å². The molecule has 1 atom stereocenters. The fourth-order valence-corrected chi connectivity index (χ4v) is 3.30. The van der Waals surface area contributed by atoms with Gasteiger partial charge in [0.15, 0.2) is 11.5 Å². The van der Waals surface area contributed by atoms with Crippen LogP contribution < -0.4 is 25.8 Å². The second-order valence-electron chi connectivity index (χ2n) is 7.03. The lowest BCUT2D eigenvalue weighted by Gasteiger charge is -2.31. The number of hydrogen-bond acceptors (Lipinski definition) is 8. The Balaban J connectivity index is 1.40. The number of anilines is 1. The topological polar surface area (TPSA) is 112 Å².